The lowest BCUT2D eigenvalue weighted by molar-refractivity contribution is -0.120. The SMILES string of the molecule is COc1ccc(S(=O)(=O)NCCC(=O)NCCC2CCCCC2)cc1OC. The van der Waals surface area contributed by atoms with Gasteiger partial charge in [0.1, 0.15) is 0 Å². The van der Waals surface area contributed by atoms with E-state index in [1.165, 1.54) is 64.5 Å². The highest BCUT2D eigenvalue weighted by atomic mass is 32.2. The van der Waals surface area contributed by atoms with Gasteiger partial charge in [-0.3, -0.25) is 4.79 Å². The average molecular weight is 399 g/mol. The summed E-state index contributed by atoms with van der Waals surface area (Å²) in [5.74, 6) is 1.36. The molecule has 1 aliphatic rings. The van der Waals surface area contributed by atoms with Gasteiger partial charge in [-0.05, 0) is 24.5 Å². The molecule has 1 amide bonds. The predicted molar refractivity (Wildman–Crippen MR) is 104 cm³/mol. The van der Waals surface area contributed by atoms with Crippen LogP contribution in [0, 0.1) is 5.92 Å². The number of methoxy groups -OCH3 is 2. The van der Waals surface area contributed by atoms with E-state index in [4.69, 9.17) is 9.47 Å². The Hall–Kier alpha value is -1.80. The molecule has 1 aliphatic carbocycles. The highest BCUT2D eigenvalue weighted by Gasteiger charge is 2.17. The predicted octanol–water partition coefficient (Wildman–Crippen LogP) is 2.46. The number of benzene rings is 1. The summed E-state index contributed by atoms with van der Waals surface area (Å²) in [6.07, 6.45) is 7.51. The Bertz CT molecular complexity index is 715. The van der Waals surface area contributed by atoms with Crippen LogP contribution in [0.15, 0.2) is 23.1 Å². The monoisotopic (exact) mass is 398 g/mol. The Labute approximate surface area is 161 Å². The van der Waals surface area contributed by atoms with E-state index in [9.17, 15) is 13.2 Å². The maximum absolute atomic E-state index is 12.4. The molecule has 0 aromatic heterocycles. The van der Waals surface area contributed by atoms with Gasteiger partial charge in [0.15, 0.2) is 11.5 Å². The van der Waals surface area contributed by atoms with Gasteiger partial charge in [0.25, 0.3) is 0 Å². The third-order valence-electron chi connectivity index (χ3n) is 4.91. The molecule has 0 atom stereocenters. The third-order valence-corrected chi connectivity index (χ3v) is 6.37. The molecule has 0 radical (unpaired) electrons. The first kappa shape index (κ1) is 21.5. The van der Waals surface area contributed by atoms with Crippen molar-refractivity contribution in [3.8, 4) is 11.5 Å². The summed E-state index contributed by atoms with van der Waals surface area (Å²) >= 11 is 0. The minimum absolute atomic E-state index is 0.0476. The largest absolute Gasteiger partial charge is 0.493 e. The summed E-state index contributed by atoms with van der Waals surface area (Å²) < 4.78 is 37.4. The summed E-state index contributed by atoms with van der Waals surface area (Å²) in [5, 5.41) is 2.88. The molecule has 0 saturated heterocycles. The minimum atomic E-state index is -3.72. The quantitative estimate of drug-likeness (QED) is 0.631. The van der Waals surface area contributed by atoms with Crippen LogP contribution in [0.3, 0.4) is 0 Å². The number of carbonyl (C=O) groups is 1. The molecule has 0 bridgehead atoms. The Kier molecular flexibility index (Phi) is 8.37. The molecule has 1 aromatic rings. The second kappa shape index (κ2) is 10.5. The lowest BCUT2D eigenvalue weighted by atomic mass is 9.87. The second-order valence-electron chi connectivity index (χ2n) is 6.81. The molecule has 152 valence electrons. The number of ether oxygens (including phenoxy) is 2. The molecular weight excluding hydrogens is 368 g/mol. The number of carbonyl (C=O) groups excluding carboxylic acids is 1. The first-order valence-electron chi connectivity index (χ1n) is 9.44. The topological polar surface area (TPSA) is 93.7 Å². The van der Waals surface area contributed by atoms with Crippen LogP contribution in [-0.2, 0) is 14.8 Å². The number of nitrogens with one attached hydrogen (secondary N) is 2. The fourth-order valence-corrected chi connectivity index (χ4v) is 4.39. The van der Waals surface area contributed by atoms with Crippen LogP contribution in [-0.4, -0.2) is 41.6 Å². The van der Waals surface area contributed by atoms with E-state index in [1.54, 1.807) is 0 Å². The molecule has 0 aliphatic heterocycles. The summed E-state index contributed by atoms with van der Waals surface area (Å²) in [5.41, 5.74) is 0. The van der Waals surface area contributed by atoms with Crippen molar-refractivity contribution in [2.24, 2.45) is 5.92 Å². The molecule has 1 saturated carbocycles. The number of hydrogen-bond donors (Lipinski definition) is 2. The summed E-state index contributed by atoms with van der Waals surface area (Å²) in [6.45, 7) is 0.706. The van der Waals surface area contributed by atoms with Crippen molar-refractivity contribution in [2.75, 3.05) is 27.3 Å². The molecule has 0 spiro atoms. The van der Waals surface area contributed by atoms with Crippen LogP contribution in [0.2, 0.25) is 0 Å². The number of amides is 1. The minimum Gasteiger partial charge on any atom is -0.493 e. The van der Waals surface area contributed by atoms with E-state index in [0.29, 0.717) is 24.0 Å². The van der Waals surface area contributed by atoms with Crippen LogP contribution in [0.5, 0.6) is 11.5 Å². The molecule has 2 rings (SSSR count). The lowest BCUT2D eigenvalue weighted by Crippen LogP contribution is -2.31. The Balaban J connectivity index is 1.75. The van der Waals surface area contributed by atoms with Gasteiger partial charge >= 0.3 is 0 Å². The van der Waals surface area contributed by atoms with E-state index in [0.717, 1.165) is 6.42 Å². The fourth-order valence-electron chi connectivity index (χ4n) is 3.35. The van der Waals surface area contributed by atoms with Crippen molar-refractivity contribution in [1.29, 1.82) is 0 Å². The van der Waals surface area contributed by atoms with Gasteiger partial charge < -0.3 is 14.8 Å². The van der Waals surface area contributed by atoms with Crippen LogP contribution < -0.4 is 19.5 Å². The van der Waals surface area contributed by atoms with E-state index < -0.39 is 10.0 Å². The zero-order valence-corrected chi connectivity index (χ0v) is 16.9. The summed E-state index contributed by atoms with van der Waals surface area (Å²) in [6, 6.07) is 4.37. The van der Waals surface area contributed by atoms with Crippen molar-refractivity contribution in [3.05, 3.63) is 18.2 Å². The van der Waals surface area contributed by atoms with E-state index >= 15 is 0 Å². The normalized spacial score (nSPS) is 15.3. The highest BCUT2D eigenvalue weighted by Crippen LogP contribution is 2.29. The van der Waals surface area contributed by atoms with Gasteiger partial charge in [0.2, 0.25) is 15.9 Å². The molecule has 7 nitrogen and oxygen atoms in total. The number of rotatable bonds is 10. The molecule has 8 heteroatoms. The number of hydrogen-bond acceptors (Lipinski definition) is 5. The lowest BCUT2D eigenvalue weighted by Gasteiger charge is -2.21. The Morgan fingerprint density at radius 1 is 1.07 bits per heavy atom. The first-order chi connectivity index (χ1) is 13.0. The second-order valence-corrected chi connectivity index (χ2v) is 8.57. The zero-order chi connectivity index (χ0) is 19.7. The van der Waals surface area contributed by atoms with Crippen molar-refractivity contribution >= 4 is 15.9 Å². The molecule has 0 unspecified atom stereocenters. The Morgan fingerprint density at radius 2 is 1.78 bits per heavy atom. The van der Waals surface area contributed by atoms with Crippen molar-refractivity contribution in [1.82, 2.24) is 10.0 Å². The van der Waals surface area contributed by atoms with Gasteiger partial charge in [0.05, 0.1) is 19.1 Å². The highest BCUT2D eigenvalue weighted by molar-refractivity contribution is 7.89. The van der Waals surface area contributed by atoms with Crippen LogP contribution in [0.1, 0.15) is 44.9 Å². The summed E-state index contributed by atoms with van der Waals surface area (Å²) in [7, 11) is -0.790. The van der Waals surface area contributed by atoms with Crippen LogP contribution in [0.4, 0.5) is 0 Å². The number of sulfonamides is 1. The van der Waals surface area contributed by atoms with E-state index in [2.05, 4.69) is 10.0 Å². The van der Waals surface area contributed by atoms with Crippen molar-refractivity contribution in [3.63, 3.8) is 0 Å². The van der Waals surface area contributed by atoms with Gasteiger partial charge in [-0.25, -0.2) is 13.1 Å². The molecule has 1 fully saturated rings. The molecule has 1 aromatic carbocycles. The summed E-state index contributed by atoms with van der Waals surface area (Å²) in [4.78, 5) is 12.0. The Morgan fingerprint density at radius 3 is 2.44 bits per heavy atom. The third kappa shape index (κ3) is 6.70. The van der Waals surface area contributed by atoms with Gasteiger partial charge in [0, 0.05) is 25.6 Å². The van der Waals surface area contributed by atoms with Crippen molar-refractivity contribution in [2.45, 2.75) is 49.8 Å². The van der Waals surface area contributed by atoms with Gasteiger partial charge in [-0.2, -0.15) is 0 Å². The zero-order valence-electron chi connectivity index (χ0n) is 16.1. The van der Waals surface area contributed by atoms with Crippen molar-refractivity contribution < 1.29 is 22.7 Å². The van der Waals surface area contributed by atoms with Crippen LogP contribution >= 0.6 is 0 Å². The standard InChI is InChI=1S/C19H30N2O5S/c1-25-17-9-8-16(14-18(17)26-2)27(23,24)21-13-11-19(22)20-12-10-15-6-4-3-5-7-15/h8-9,14-15,21H,3-7,10-13H2,1-2H3,(H,20,22). The van der Waals surface area contributed by atoms with E-state index in [1.807, 2.05) is 0 Å². The first-order valence-corrected chi connectivity index (χ1v) is 10.9. The van der Waals surface area contributed by atoms with Gasteiger partial charge in [-0.15, -0.1) is 0 Å². The molecule has 27 heavy (non-hydrogen) atoms. The van der Waals surface area contributed by atoms with E-state index in [-0.39, 0.29) is 23.8 Å². The fraction of sp³-hybridized carbons (Fsp3) is 0.632. The molecular formula is C19H30N2O5S. The maximum atomic E-state index is 12.4. The average Bonchev–Trinajstić information content (AvgIpc) is 2.68. The smallest absolute Gasteiger partial charge is 0.240 e. The van der Waals surface area contributed by atoms with Gasteiger partial charge in [-0.1, -0.05) is 32.1 Å². The maximum Gasteiger partial charge on any atom is 0.240 e. The van der Waals surface area contributed by atoms with Crippen LogP contribution in [0.25, 0.3) is 0 Å². The molecule has 2 N–H and O–H groups in total. The molecule has 0 heterocycles.